The zero-order chi connectivity index (χ0) is 13.2. The molecule has 0 bridgehead atoms. The third kappa shape index (κ3) is 2.68. The fourth-order valence-electron chi connectivity index (χ4n) is 3.14. The van der Waals surface area contributed by atoms with Crippen molar-refractivity contribution in [3.05, 3.63) is 33.8 Å². The molecule has 0 amide bonds. The molecule has 1 aliphatic carbocycles. The maximum atomic E-state index is 10.6. The van der Waals surface area contributed by atoms with Crippen molar-refractivity contribution in [1.29, 1.82) is 0 Å². The number of halogens is 2. The van der Waals surface area contributed by atoms with Gasteiger partial charge in [-0.1, -0.05) is 49.0 Å². The molecule has 1 aromatic carbocycles. The zero-order valence-corrected chi connectivity index (χ0v) is 12.3. The molecule has 0 aromatic heterocycles. The first kappa shape index (κ1) is 14.2. The topological polar surface area (TPSA) is 20.2 Å². The first-order valence-corrected chi connectivity index (χ1v) is 7.45. The number of hydrogen-bond acceptors (Lipinski definition) is 1. The number of aliphatic hydroxyl groups is 1. The van der Waals surface area contributed by atoms with Crippen LogP contribution in [0, 0.1) is 5.41 Å². The maximum Gasteiger partial charge on any atom is 0.0637 e. The fourth-order valence-corrected chi connectivity index (χ4v) is 3.69. The van der Waals surface area contributed by atoms with E-state index < -0.39 is 0 Å². The summed E-state index contributed by atoms with van der Waals surface area (Å²) in [6, 6.07) is 5.51. The molecule has 1 nitrogen and oxygen atoms in total. The Morgan fingerprint density at radius 1 is 1.22 bits per heavy atom. The second-order valence-corrected chi connectivity index (χ2v) is 6.16. The van der Waals surface area contributed by atoms with Gasteiger partial charge < -0.3 is 5.11 Å². The van der Waals surface area contributed by atoms with Crippen molar-refractivity contribution in [3.63, 3.8) is 0 Å². The molecule has 1 unspecified atom stereocenters. The third-order valence-electron chi connectivity index (χ3n) is 4.47. The van der Waals surface area contributed by atoms with Gasteiger partial charge in [-0.15, -0.1) is 0 Å². The number of rotatable bonds is 4. The predicted octanol–water partition coefficient (Wildman–Crippen LogP) is 4.87. The van der Waals surface area contributed by atoms with Crippen LogP contribution >= 0.6 is 23.2 Å². The van der Waals surface area contributed by atoms with E-state index in [2.05, 4.69) is 6.92 Å². The van der Waals surface area contributed by atoms with Crippen LogP contribution in [0.4, 0.5) is 0 Å². The summed E-state index contributed by atoms with van der Waals surface area (Å²) in [6.07, 6.45) is 5.92. The van der Waals surface area contributed by atoms with E-state index >= 15 is 0 Å². The molecule has 0 spiro atoms. The van der Waals surface area contributed by atoms with Crippen LogP contribution in [0.5, 0.6) is 0 Å². The van der Waals surface area contributed by atoms with Crippen molar-refractivity contribution >= 4 is 23.2 Å². The van der Waals surface area contributed by atoms with Crippen molar-refractivity contribution in [3.8, 4) is 0 Å². The molecule has 1 N–H and O–H groups in total. The summed E-state index contributed by atoms with van der Waals surface area (Å²) in [5.41, 5.74) is 0.954. The van der Waals surface area contributed by atoms with Gasteiger partial charge in [0.05, 0.1) is 6.10 Å². The summed E-state index contributed by atoms with van der Waals surface area (Å²) in [4.78, 5) is 0. The van der Waals surface area contributed by atoms with Crippen LogP contribution in [-0.2, 0) is 6.42 Å². The first-order valence-electron chi connectivity index (χ1n) is 6.70. The Balaban J connectivity index is 2.18. The van der Waals surface area contributed by atoms with Crippen LogP contribution in [0.3, 0.4) is 0 Å². The van der Waals surface area contributed by atoms with Gasteiger partial charge in [0.15, 0.2) is 0 Å². The van der Waals surface area contributed by atoms with Crippen molar-refractivity contribution in [1.82, 2.24) is 0 Å². The Hall–Kier alpha value is -0.240. The number of hydrogen-bond donors (Lipinski definition) is 1. The Morgan fingerprint density at radius 2 is 1.78 bits per heavy atom. The molecule has 3 heteroatoms. The van der Waals surface area contributed by atoms with Gasteiger partial charge in [0.1, 0.15) is 0 Å². The molecule has 0 heterocycles. The summed E-state index contributed by atoms with van der Waals surface area (Å²) in [6.45, 7) is 2.17. The van der Waals surface area contributed by atoms with E-state index in [9.17, 15) is 5.11 Å². The molecule has 1 aromatic rings. The molecule has 2 rings (SSSR count). The van der Waals surface area contributed by atoms with Gasteiger partial charge >= 0.3 is 0 Å². The van der Waals surface area contributed by atoms with Gasteiger partial charge in [0, 0.05) is 16.5 Å². The minimum Gasteiger partial charge on any atom is -0.392 e. The second-order valence-electron chi connectivity index (χ2n) is 5.34. The Labute approximate surface area is 119 Å². The van der Waals surface area contributed by atoms with Crippen LogP contribution in [0.15, 0.2) is 18.2 Å². The smallest absolute Gasteiger partial charge is 0.0637 e. The molecule has 1 atom stereocenters. The standard InChI is InChI=1S/C15H20Cl2O/c1-2-15(8-3-4-9-15)14(18)10-11-12(16)6-5-7-13(11)17/h5-7,14,18H,2-4,8-10H2,1H3. The van der Waals surface area contributed by atoms with Gasteiger partial charge in [-0.25, -0.2) is 0 Å². The molecule has 1 fully saturated rings. The van der Waals surface area contributed by atoms with Crippen LogP contribution in [0.25, 0.3) is 0 Å². The van der Waals surface area contributed by atoms with E-state index in [-0.39, 0.29) is 11.5 Å². The lowest BCUT2D eigenvalue weighted by atomic mass is 9.76. The molecule has 0 saturated heterocycles. The average Bonchev–Trinajstić information content (AvgIpc) is 2.84. The lowest BCUT2D eigenvalue weighted by molar-refractivity contribution is 0.0258. The molecule has 100 valence electrons. The van der Waals surface area contributed by atoms with Gasteiger partial charge in [-0.05, 0) is 42.4 Å². The van der Waals surface area contributed by atoms with E-state index in [1.165, 1.54) is 12.8 Å². The highest BCUT2D eigenvalue weighted by Gasteiger charge is 2.39. The monoisotopic (exact) mass is 286 g/mol. The van der Waals surface area contributed by atoms with Crippen LogP contribution < -0.4 is 0 Å². The van der Waals surface area contributed by atoms with E-state index in [0.29, 0.717) is 16.5 Å². The Kier molecular flexibility index (Phi) is 4.58. The number of benzene rings is 1. The zero-order valence-electron chi connectivity index (χ0n) is 10.8. The molecule has 1 aliphatic rings. The number of aliphatic hydroxyl groups excluding tert-OH is 1. The third-order valence-corrected chi connectivity index (χ3v) is 5.18. The lowest BCUT2D eigenvalue weighted by Crippen LogP contribution is -2.33. The van der Waals surface area contributed by atoms with Gasteiger partial charge in [-0.2, -0.15) is 0 Å². The SMILES string of the molecule is CCC1(C(O)Cc2c(Cl)cccc2Cl)CCCC1. The van der Waals surface area contributed by atoms with E-state index in [0.717, 1.165) is 24.8 Å². The van der Waals surface area contributed by atoms with Gasteiger partial charge in [0.2, 0.25) is 0 Å². The summed E-state index contributed by atoms with van der Waals surface area (Å²) in [5, 5.41) is 11.9. The summed E-state index contributed by atoms with van der Waals surface area (Å²) in [5.74, 6) is 0. The molecular weight excluding hydrogens is 267 g/mol. The fraction of sp³-hybridized carbons (Fsp3) is 0.600. The molecular formula is C15H20Cl2O. The molecule has 0 aliphatic heterocycles. The quantitative estimate of drug-likeness (QED) is 0.837. The highest BCUT2D eigenvalue weighted by molar-refractivity contribution is 6.35. The summed E-state index contributed by atoms with van der Waals surface area (Å²) < 4.78 is 0. The Bertz CT molecular complexity index is 391. The normalized spacial score (nSPS) is 20.0. The maximum absolute atomic E-state index is 10.6. The Morgan fingerprint density at radius 3 is 2.28 bits per heavy atom. The van der Waals surface area contributed by atoms with Gasteiger partial charge in [0.25, 0.3) is 0 Å². The van der Waals surface area contributed by atoms with E-state index in [1.54, 1.807) is 0 Å². The van der Waals surface area contributed by atoms with Crippen LogP contribution in [0.2, 0.25) is 10.0 Å². The lowest BCUT2D eigenvalue weighted by Gasteiger charge is -2.33. The van der Waals surface area contributed by atoms with Crippen LogP contribution in [-0.4, -0.2) is 11.2 Å². The van der Waals surface area contributed by atoms with Crippen molar-refractivity contribution in [2.75, 3.05) is 0 Å². The molecule has 1 saturated carbocycles. The molecule has 18 heavy (non-hydrogen) atoms. The first-order chi connectivity index (χ1) is 8.59. The van der Waals surface area contributed by atoms with Crippen molar-refractivity contribution in [2.24, 2.45) is 5.41 Å². The van der Waals surface area contributed by atoms with Crippen molar-refractivity contribution < 1.29 is 5.11 Å². The van der Waals surface area contributed by atoms with Crippen LogP contribution in [0.1, 0.15) is 44.6 Å². The highest BCUT2D eigenvalue weighted by atomic mass is 35.5. The average molecular weight is 287 g/mol. The van der Waals surface area contributed by atoms with E-state index in [4.69, 9.17) is 23.2 Å². The minimum absolute atomic E-state index is 0.0719. The summed E-state index contributed by atoms with van der Waals surface area (Å²) in [7, 11) is 0. The van der Waals surface area contributed by atoms with Gasteiger partial charge in [-0.3, -0.25) is 0 Å². The largest absolute Gasteiger partial charge is 0.392 e. The summed E-state index contributed by atoms with van der Waals surface area (Å²) >= 11 is 12.3. The highest BCUT2D eigenvalue weighted by Crippen LogP contribution is 2.45. The second kappa shape index (κ2) is 5.81. The minimum atomic E-state index is -0.345. The predicted molar refractivity (Wildman–Crippen MR) is 77.4 cm³/mol. The van der Waals surface area contributed by atoms with Crippen molar-refractivity contribution in [2.45, 2.75) is 51.6 Å². The van der Waals surface area contributed by atoms with E-state index in [1.807, 2.05) is 18.2 Å². The molecule has 0 radical (unpaired) electrons.